The van der Waals surface area contributed by atoms with Crippen LogP contribution in [0.3, 0.4) is 0 Å². The number of nitrogens with one attached hydrogen (secondary N) is 3. The van der Waals surface area contributed by atoms with E-state index in [1.165, 1.54) is 12.1 Å². The first kappa shape index (κ1) is 22.5. The van der Waals surface area contributed by atoms with Gasteiger partial charge in [-0.05, 0) is 50.1 Å². The summed E-state index contributed by atoms with van der Waals surface area (Å²) in [5, 5.41) is 9.42. The highest BCUT2D eigenvalue weighted by Gasteiger charge is 2.25. The molecule has 1 aliphatic heterocycles. The molecule has 1 heterocycles. The van der Waals surface area contributed by atoms with Crippen molar-refractivity contribution >= 4 is 17.6 Å². The lowest BCUT2D eigenvalue weighted by Crippen LogP contribution is -2.44. The number of amides is 1. The molecule has 0 saturated carbocycles. The molecule has 6 nitrogen and oxygen atoms in total. The zero-order chi connectivity index (χ0) is 22.2. The van der Waals surface area contributed by atoms with Crippen LogP contribution in [0.25, 0.3) is 0 Å². The van der Waals surface area contributed by atoms with Gasteiger partial charge in [0.05, 0.1) is 12.2 Å². The molecule has 1 unspecified atom stereocenters. The maximum absolute atomic E-state index is 14.1. The molecule has 1 amide bonds. The molecule has 0 radical (unpaired) electrons. The van der Waals surface area contributed by atoms with Crippen LogP contribution < -0.4 is 20.9 Å². The van der Waals surface area contributed by atoms with E-state index in [9.17, 15) is 13.6 Å². The third-order valence-electron chi connectivity index (χ3n) is 5.07. The standard InChI is InChI=1S/C23H29F2N5O/c1-3-26-22(31)17-7-5-6-16(12-17)14-28-23(27-4-2)29-19-10-11-30(15-19)21-9-8-18(24)13-20(21)25/h5-9,12-13,19H,3-4,10-11,14-15H2,1-2H3,(H,26,31)(H2,27,28,29). The van der Waals surface area contributed by atoms with E-state index < -0.39 is 11.6 Å². The van der Waals surface area contributed by atoms with Crippen LogP contribution >= 0.6 is 0 Å². The van der Waals surface area contributed by atoms with Crippen molar-refractivity contribution in [2.24, 2.45) is 4.99 Å². The molecule has 8 heteroatoms. The molecular weight excluding hydrogens is 400 g/mol. The monoisotopic (exact) mass is 429 g/mol. The number of carbonyl (C=O) groups is 1. The van der Waals surface area contributed by atoms with E-state index in [0.717, 1.165) is 18.1 Å². The number of hydrogen-bond acceptors (Lipinski definition) is 3. The second-order valence-corrected chi connectivity index (χ2v) is 7.43. The maximum Gasteiger partial charge on any atom is 0.251 e. The van der Waals surface area contributed by atoms with E-state index in [-0.39, 0.29) is 11.9 Å². The van der Waals surface area contributed by atoms with Gasteiger partial charge in [-0.1, -0.05) is 12.1 Å². The Morgan fingerprint density at radius 1 is 1.13 bits per heavy atom. The molecule has 3 N–H and O–H groups in total. The Balaban J connectivity index is 1.63. The first-order chi connectivity index (χ1) is 15.0. The van der Waals surface area contributed by atoms with Gasteiger partial charge in [-0.2, -0.15) is 0 Å². The van der Waals surface area contributed by atoms with E-state index in [4.69, 9.17) is 0 Å². The normalized spacial score (nSPS) is 16.3. The summed E-state index contributed by atoms with van der Waals surface area (Å²) in [6.07, 6.45) is 0.813. The number of nitrogens with zero attached hydrogens (tertiary/aromatic N) is 2. The minimum atomic E-state index is -0.576. The Kier molecular flexibility index (Phi) is 7.81. The molecule has 1 fully saturated rings. The number of carbonyl (C=O) groups excluding carboxylic acids is 1. The molecule has 1 atom stereocenters. The van der Waals surface area contributed by atoms with Crippen LogP contribution in [0.5, 0.6) is 0 Å². The van der Waals surface area contributed by atoms with Gasteiger partial charge in [0.1, 0.15) is 11.6 Å². The Morgan fingerprint density at radius 3 is 2.68 bits per heavy atom. The zero-order valence-corrected chi connectivity index (χ0v) is 17.9. The zero-order valence-electron chi connectivity index (χ0n) is 17.9. The second-order valence-electron chi connectivity index (χ2n) is 7.43. The third kappa shape index (κ3) is 6.16. The lowest BCUT2D eigenvalue weighted by atomic mass is 10.1. The van der Waals surface area contributed by atoms with E-state index in [0.29, 0.717) is 49.9 Å². The van der Waals surface area contributed by atoms with Crippen molar-refractivity contribution in [3.05, 3.63) is 65.2 Å². The van der Waals surface area contributed by atoms with Crippen molar-refractivity contribution in [3.63, 3.8) is 0 Å². The van der Waals surface area contributed by atoms with Crippen molar-refractivity contribution in [3.8, 4) is 0 Å². The van der Waals surface area contributed by atoms with Crippen LogP contribution in [0.2, 0.25) is 0 Å². The minimum absolute atomic E-state index is 0.0870. The van der Waals surface area contributed by atoms with Crippen LogP contribution in [0.1, 0.15) is 36.2 Å². The van der Waals surface area contributed by atoms with Crippen molar-refractivity contribution in [2.75, 3.05) is 31.1 Å². The molecule has 0 spiro atoms. The molecule has 2 aromatic rings. The van der Waals surface area contributed by atoms with Gasteiger partial charge in [0.25, 0.3) is 5.91 Å². The van der Waals surface area contributed by atoms with Gasteiger partial charge in [-0.3, -0.25) is 4.79 Å². The Bertz CT molecular complexity index is 934. The highest BCUT2D eigenvalue weighted by atomic mass is 19.1. The molecule has 1 saturated heterocycles. The number of halogens is 2. The number of anilines is 1. The van der Waals surface area contributed by atoms with Crippen molar-refractivity contribution in [2.45, 2.75) is 32.9 Å². The SMILES string of the molecule is CCNC(=O)c1cccc(CN=C(NCC)NC2CCN(c3ccc(F)cc3F)C2)c1. The van der Waals surface area contributed by atoms with Gasteiger partial charge < -0.3 is 20.9 Å². The van der Waals surface area contributed by atoms with Crippen LogP contribution in [0, 0.1) is 11.6 Å². The summed E-state index contributed by atoms with van der Waals surface area (Å²) in [7, 11) is 0. The number of benzene rings is 2. The van der Waals surface area contributed by atoms with Gasteiger partial charge in [-0.25, -0.2) is 13.8 Å². The van der Waals surface area contributed by atoms with E-state index in [1.54, 1.807) is 6.07 Å². The van der Waals surface area contributed by atoms with Gasteiger partial charge in [-0.15, -0.1) is 0 Å². The molecule has 0 aliphatic carbocycles. The molecule has 1 aliphatic rings. The van der Waals surface area contributed by atoms with Crippen LogP contribution in [0.4, 0.5) is 14.5 Å². The third-order valence-corrected chi connectivity index (χ3v) is 5.07. The fourth-order valence-corrected chi connectivity index (χ4v) is 3.59. The molecule has 0 bridgehead atoms. The maximum atomic E-state index is 14.1. The number of aliphatic imine (C=N–C) groups is 1. The fraction of sp³-hybridized carbons (Fsp3) is 0.391. The number of hydrogen-bond donors (Lipinski definition) is 3. The summed E-state index contributed by atoms with van der Waals surface area (Å²) in [6.45, 7) is 6.85. The summed E-state index contributed by atoms with van der Waals surface area (Å²) in [6, 6.07) is 11.2. The summed E-state index contributed by atoms with van der Waals surface area (Å²) in [5.41, 5.74) is 1.96. The van der Waals surface area contributed by atoms with Gasteiger partial charge in [0, 0.05) is 43.9 Å². The molecule has 31 heavy (non-hydrogen) atoms. The molecular formula is C23H29F2N5O. The summed E-state index contributed by atoms with van der Waals surface area (Å²) in [4.78, 5) is 18.6. The Hall–Kier alpha value is -3.16. The first-order valence-electron chi connectivity index (χ1n) is 10.6. The number of guanidine groups is 1. The minimum Gasteiger partial charge on any atom is -0.367 e. The van der Waals surface area contributed by atoms with Crippen LogP contribution in [-0.4, -0.2) is 44.1 Å². The average Bonchev–Trinajstić information content (AvgIpc) is 3.20. The number of rotatable bonds is 7. The molecule has 166 valence electrons. The molecule has 3 rings (SSSR count). The predicted molar refractivity (Wildman–Crippen MR) is 119 cm³/mol. The molecule has 2 aromatic carbocycles. The van der Waals surface area contributed by atoms with Crippen LogP contribution in [-0.2, 0) is 6.54 Å². The van der Waals surface area contributed by atoms with Gasteiger partial charge in [0.2, 0.25) is 0 Å². The second kappa shape index (κ2) is 10.7. The Morgan fingerprint density at radius 2 is 1.94 bits per heavy atom. The summed E-state index contributed by atoms with van der Waals surface area (Å²) >= 11 is 0. The van der Waals surface area contributed by atoms with Crippen molar-refractivity contribution in [1.29, 1.82) is 0 Å². The summed E-state index contributed by atoms with van der Waals surface area (Å²) in [5.74, 6) is -0.559. The van der Waals surface area contributed by atoms with Gasteiger partial charge >= 0.3 is 0 Å². The van der Waals surface area contributed by atoms with Crippen molar-refractivity contribution < 1.29 is 13.6 Å². The lowest BCUT2D eigenvalue weighted by molar-refractivity contribution is 0.0955. The predicted octanol–water partition coefficient (Wildman–Crippen LogP) is 3.05. The Labute approximate surface area is 181 Å². The topological polar surface area (TPSA) is 68.8 Å². The molecule has 0 aromatic heterocycles. The van der Waals surface area contributed by atoms with Crippen LogP contribution in [0.15, 0.2) is 47.5 Å². The highest BCUT2D eigenvalue weighted by molar-refractivity contribution is 5.94. The largest absolute Gasteiger partial charge is 0.367 e. The average molecular weight is 430 g/mol. The highest BCUT2D eigenvalue weighted by Crippen LogP contribution is 2.24. The summed E-state index contributed by atoms with van der Waals surface area (Å²) < 4.78 is 27.3. The first-order valence-corrected chi connectivity index (χ1v) is 10.6. The van der Waals surface area contributed by atoms with E-state index >= 15 is 0 Å². The van der Waals surface area contributed by atoms with E-state index in [1.807, 2.05) is 36.9 Å². The van der Waals surface area contributed by atoms with Gasteiger partial charge in [0.15, 0.2) is 5.96 Å². The lowest BCUT2D eigenvalue weighted by Gasteiger charge is -2.21. The fourth-order valence-electron chi connectivity index (χ4n) is 3.59. The smallest absolute Gasteiger partial charge is 0.251 e. The van der Waals surface area contributed by atoms with E-state index in [2.05, 4.69) is 20.9 Å². The quantitative estimate of drug-likeness (QED) is 0.468. The van der Waals surface area contributed by atoms with Crippen molar-refractivity contribution in [1.82, 2.24) is 16.0 Å².